The Labute approximate surface area is 172 Å². The summed E-state index contributed by atoms with van der Waals surface area (Å²) in [5.41, 5.74) is 2.06. The molecule has 0 amide bonds. The van der Waals surface area contributed by atoms with E-state index in [1.807, 2.05) is 6.92 Å². The first-order chi connectivity index (χ1) is 13.6. The molecule has 0 spiro atoms. The largest absolute Gasteiger partial charge is 0.494 e. The van der Waals surface area contributed by atoms with E-state index >= 15 is 0 Å². The van der Waals surface area contributed by atoms with Crippen LogP contribution in [0.2, 0.25) is 0 Å². The molecule has 0 atom stereocenters. The number of nitrogens with zero attached hydrogens (tertiary/aromatic N) is 1. The summed E-state index contributed by atoms with van der Waals surface area (Å²) in [6.07, 6.45) is 1.44. The van der Waals surface area contributed by atoms with E-state index in [-0.39, 0.29) is 10.6 Å². The van der Waals surface area contributed by atoms with E-state index in [0.29, 0.717) is 47.8 Å². The van der Waals surface area contributed by atoms with Gasteiger partial charge in [0, 0.05) is 12.2 Å². The lowest BCUT2D eigenvalue weighted by atomic mass is 10.1. The Hall–Kier alpha value is -2.26. The fourth-order valence-corrected chi connectivity index (χ4v) is 6.45. The van der Waals surface area contributed by atoms with Crippen LogP contribution in [0.1, 0.15) is 30.9 Å². The van der Waals surface area contributed by atoms with Crippen molar-refractivity contribution < 1.29 is 21.6 Å². The topological polar surface area (TPSA) is 92.8 Å². The minimum Gasteiger partial charge on any atom is -0.494 e. The van der Waals surface area contributed by atoms with Gasteiger partial charge < -0.3 is 4.74 Å². The highest BCUT2D eigenvalue weighted by atomic mass is 32.2. The minimum atomic E-state index is -3.83. The summed E-state index contributed by atoms with van der Waals surface area (Å²) in [4.78, 5) is 0.127. The smallest absolute Gasteiger partial charge is 0.262 e. The molecule has 1 saturated heterocycles. The van der Waals surface area contributed by atoms with Gasteiger partial charge >= 0.3 is 0 Å². The number of hydrogen-bond donors (Lipinski definition) is 1. The molecule has 1 fully saturated rings. The first-order valence-corrected chi connectivity index (χ1v) is 12.6. The average molecular weight is 439 g/mol. The van der Waals surface area contributed by atoms with Crippen LogP contribution in [0.25, 0.3) is 0 Å². The highest BCUT2D eigenvalue weighted by molar-refractivity contribution is 7.93. The monoisotopic (exact) mass is 438 g/mol. The maximum absolute atomic E-state index is 12.9. The molecule has 0 radical (unpaired) electrons. The fraction of sp³-hybridized carbons (Fsp3) is 0.400. The minimum absolute atomic E-state index is 0.116. The van der Waals surface area contributed by atoms with E-state index in [0.717, 1.165) is 6.42 Å². The van der Waals surface area contributed by atoms with Crippen LogP contribution in [0.5, 0.6) is 5.75 Å². The SMILES string of the molecule is CCOc1ccc(NS(=O)(=O)c2cc(C)c(N3CCCCS3(=O)=O)cc2C)cc1. The first kappa shape index (κ1) is 21.4. The lowest BCUT2D eigenvalue weighted by molar-refractivity contribution is 0.340. The molecule has 0 aliphatic carbocycles. The molecule has 3 rings (SSSR count). The third kappa shape index (κ3) is 4.67. The van der Waals surface area contributed by atoms with Gasteiger partial charge in [0.25, 0.3) is 10.0 Å². The summed E-state index contributed by atoms with van der Waals surface area (Å²) in [6.45, 7) is 6.23. The summed E-state index contributed by atoms with van der Waals surface area (Å²) in [7, 11) is -7.19. The molecule has 7 nitrogen and oxygen atoms in total. The van der Waals surface area contributed by atoms with Crippen molar-refractivity contribution in [1.82, 2.24) is 0 Å². The third-order valence-corrected chi connectivity index (χ3v) is 8.20. The third-order valence-electron chi connectivity index (χ3n) is 4.82. The molecule has 1 aliphatic rings. The molecule has 2 aromatic rings. The van der Waals surface area contributed by atoms with Crippen LogP contribution in [-0.4, -0.2) is 35.7 Å². The Bertz CT molecular complexity index is 1090. The van der Waals surface area contributed by atoms with E-state index < -0.39 is 20.0 Å². The molecule has 0 unspecified atom stereocenters. The molecule has 1 aliphatic heterocycles. The molecule has 1 heterocycles. The highest BCUT2D eigenvalue weighted by Crippen LogP contribution is 2.32. The normalized spacial score (nSPS) is 16.4. The van der Waals surface area contributed by atoms with Crippen LogP contribution < -0.4 is 13.8 Å². The molecular weight excluding hydrogens is 412 g/mol. The van der Waals surface area contributed by atoms with Crippen molar-refractivity contribution in [3.05, 3.63) is 47.5 Å². The first-order valence-electron chi connectivity index (χ1n) is 9.51. The summed E-state index contributed by atoms with van der Waals surface area (Å²) in [5.74, 6) is 0.778. The molecular formula is C20H26N2O5S2. The van der Waals surface area contributed by atoms with Crippen molar-refractivity contribution >= 4 is 31.4 Å². The summed E-state index contributed by atoms with van der Waals surface area (Å²) < 4.78 is 60.0. The zero-order valence-electron chi connectivity index (χ0n) is 16.8. The van der Waals surface area contributed by atoms with Crippen LogP contribution in [0.15, 0.2) is 41.3 Å². The maximum atomic E-state index is 12.9. The number of sulfonamides is 2. The van der Waals surface area contributed by atoms with Gasteiger partial charge in [0.2, 0.25) is 10.0 Å². The second-order valence-electron chi connectivity index (χ2n) is 7.06. The van der Waals surface area contributed by atoms with Gasteiger partial charge in [-0.1, -0.05) is 0 Å². The molecule has 0 bridgehead atoms. The lowest BCUT2D eigenvalue weighted by Crippen LogP contribution is -2.38. The predicted octanol–water partition coefficient (Wildman–Crippen LogP) is 3.43. The van der Waals surface area contributed by atoms with Crippen molar-refractivity contribution in [3.63, 3.8) is 0 Å². The number of aryl methyl sites for hydroxylation is 2. The van der Waals surface area contributed by atoms with Crippen LogP contribution in [0.4, 0.5) is 11.4 Å². The van der Waals surface area contributed by atoms with Gasteiger partial charge in [0.1, 0.15) is 5.75 Å². The fourth-order valence-electron chi connectivity index (χ4n) is 3.39. The maximum Gasteiger partial charge on any atom is 0.262 e. The zero-order valence-corrected chi connectivity index (χ0v) is 18.4. The number of benzene rings is 2. The standard InChI is InChI=1S/C20H26N2O5S2/c1-4-27-18-9-7-17(8-10-18)21-29(25,26)20-14-15(2)19(13-16(20)3)22-11-5-6-12-28(22,23)24/h7-10,13-14,21H,4-6,11-12H2,1-3H3. The lowest BCUT2D eigenvalue weighted by Gasteiger charge is -2.30. The molecule has 158 valence electrons. The summed E-state index contributed by atoms with van der Waals surface area (Å²) in [6, 6.07) is 9.85. The summed E-state index contributed by atoms with van der Waals surface area (Å²) in [5, 5.41) is 0. The van der Waals surface area contributed by atoms with Crippen molar-refractivity contribution in [3.8, 4) is 5.75 Å². The van der Waals surface area contributed by atoms with Crippen LogP contribution in [-0.2, 0) is 20.0 Å². The van der Waals surface area contributed by atoms with Crippen molar-refractivity contribution in [2.75, 3.05) is 27.9 Å². The van der Waals surface area contributed by atoms with E-state index in [2.05, 4.69) is 4.72 Å². The molecule has 9 heteroatoms. The predicted molar refractivity (Wildman–Crippen MR) is 115 cm³/mol. The molecule has 29 heavy (non-hydrogen) atoms. The Morgan fingerprint density at radius 3 is 2.38 bits per heavy atom. The van der Waals surface area contributed by atoms with Gasteiger partial charge in [0.05, 0.1) is 22.9 Å². The van der Waals surface area contributed by atoms with E-state index in [1.165, 1.54) is 10.4 Å². The van der Waals surface area contributed by atoms with Crippen LogP contribution >= 0.6 is 0 Å². The van der Waals surface area contributed by atoms with E-state index in [4.69, 9.17) is 4.74 Å². The van der Waals surface area contributed by atoms with Gasteiger partial charge in [-0.25, -0.2) is 16.8 Å². The van der Waals surface area contributed by atoms with Crippen LogP contribution in [0, 0.1) is 13.8 Å². The van der Waals surface area contributed by atoms with Gasteiger partial charge in [-0.3, -0.25) is 9.03 Å². The second-order valence-corrected chi connectivity index (χ2v) is 10.7. The highest BCUT2D eigenvalue weighted by Gasteiger charge is 2.28. The molecule has 0 saturated carbocycles. The van der Waals surface area contributed by atoms with Gasteiger partial charge in [-0.15, -0.1) is 0 Å². The summed E-state index contributed by atoms with van der Waals surface area (Å²) >= 11 is 0. The number of ether oxygens (including phenoxy) is 1. The van der Waals surface area contributed by atoms with Gasteiger partial charge in [0.15, 0.2) is 0 Å². The Morgan fingerprint density at radius 2 is 1.76 bits per heavy atom. The number of rotatable bonds is 6. The van der Waals surface area contributed by atoms with E-state index in [9.17, 15) is 16.8 Å². The molecule has 1 N–H and O–H groups in total. The quantitative estimate of drug-likeness (QED) is 0.746. The Morgan fingerprint density at radius 1 is 1.07 bits per heavy atom. The Kier molecular flexibility index (Phi) is 6.09. The Balaban J connectivity index is 1.91. The number of hydrogen-bond acceptors (Lipinski definition) is 5. The van der Waals surface area contributed by atoms with E-state index in [1.54, 1.807) is 44.2 Å². The molecule has 2 aromatic carbocycles. The average Bonchev–Trinajstić information content (AvgIpc) is 2.65. The van der Waals surface area contributed by atoms with Crippen molar-refractivity contribution in [2.45, 2.75) is 38.5 Å². The zero-order chi connectivity index (χ0) is 21.2. The van der Waals surface area contributed by atoms with Gasteiger partial charge in [-0.05, 0) is 81.1 Å². The van der Waals surface area contributed by atoms with Crippen LogP contribution in [0.3, 0.4) is 0 Å². The number of anilines is 2. The van der Waals surface area contributed by atoms with Crippen molar-refractivity contribution in [1.29, 1.82) is 0 Å². The second kappa shape index (κ2) is 8.23. The molecule has 0 aromatic heterocycles. The number of nitrogens with one attached hydrogen (secondary N) is 1. The van der Waals surface area contributed by atoms with Gasteiger partial charge in [-0.2, -0.15) is 0 Å². The van der Waals surface area contributed by atoms with Crippen molar-refractivity contribution in [2.24, 2.45) is 0 Å².